The Morgan fingerprint density at radius 1 is 1.04 bits per heavy atom. The molecule has 1 aliphatic rings. The minimum Gasteiger partial charge on any atom is -0.493 e. The van der Waals surface area contributed by atoms with Crippen LogP contribution in [0, 0.1) is 0 Å². The summed E-state index contributed by atoms with van der Waals surface area (Å²) in [4.78, 5) is 12.3. The number of hydrogen-bond donors (Lipinski definition) is 1. The lowest BCUT2D eigenvalue weighted by Gasteiger charge is -2.14. The molecule has 26 heavy (non-hydrogen) atoms. The number of hydrogen-bond acceptors (Lipinski definition) is 3. The van der Waals surface area contributed by atoms with Crippen LogP contribution >= 0.6 is 0 Å². The summed E-state index contributed by atoms with van der Waals surface area (Å²) in [5, 5.41) is 3.03. The smallest absolute Gasteiger partial charge is 0.244 e. The zero-order chi connectivity index (χ0) is 18.5. The van der Waals surface area contributed by atoms with Crippen LogP contribution in [-0.4, -0.2) is 20.1 Å². The molecule has 136 valence electrons. The number of rotatable bonds is 6. The van der Waals surface area contributed by atoms with Gasteiger partial charge in [-0.15, -0.1) is 0 Å². The van der Waals surface area contributed by atoms with Gasteiger partial charge in [-0.2, -0.15) is 0 Å². The van der Waals surface area contributed by atoms with E-state index in [1.54, 1.807) is 26.4 Å². The summed E-state index contributed by atoms with van der Waals surface area (Å²) in [6.07, 6.45) is 6.86. The topological polar surface area (TPSA) is 47.6 Å². The predicted octanol–water partition coefficient (Wildman–Crippen LogP) is 4.08. The van der Waals surface area contributed by atoms with Crippen LogP contribution < -0.4 is 14.8 Å². The first-order chi connectivity index (χ1) is 12.6. The molecule has 0 spiro atoms. The van der Waals surface area contributed by atoms with Gasteiger partial charge in [-0.1, -0.05) is 24.3 Å². The molecular formula is C22H25NO3. The van der Waals surface area contributed by atoms with Crippen molar-refractivity contribution in [2.24, 2.45) is 0 Å². The van der Waals surface area contributed by atoms with Crippen molar-refractivity contribution in [3.8, 4) is 11.5 Å². The third-order valence-corrected chi connectivity index (χ3v) is 4.82. The minimum absolute atomic E-state index is 0.0246. The number of amides is 1. The van der Waals surface area contributed by atoms with Gasteiger partial charge in [0.15, 0.2) is 11.5 Å². The number of methoxy groups -OCH3 is 2. The van der Waals surface area contributed by atoms with E-state index in [0.717, 1.165) is 17.5 Å². The summed E-state index contributed by atoms with van der Waals surface area (Å²) in [5.74, 6) is 1.19. The molecule has 3 rings (SSSR count). The van der Waals surface area contributed by atoms with Crippen molar-refractivity contribution < 1.29 is 14.3 Å². The van der Waals surface area contributed by atoms with Gasteiger partial charge in [0.25, 0.3) is 0 Å². The fourth-order valence-corrected chi connectivity index (χ4v) is 3.33. The highest BCUT2D eigenvalue weighted by Crippen LogP contribution is 2.28. The second kappa shape index (κ2) is 8.09. The molecular weight excluding hydrogens is 326 g/mol. The summed E-state index contributed by atoms with van der Waals surface area (Å²) < 4.78 is 10.5. The quantitative estimate of drug-likeness (QED) is 0.798. The van der Waals surface area contributed by atoms with Crippen LogP contribution in [-0.2, 0) is 17.6 Å². The van der Waals surface area contributed by atoms with E-state index in [1.807, 2.05) is 25.1 Å². The second-order valence-corrected chi connectivity index (χ2v) is 6.56. The number of benzene rings is 2. The third kappa shape index (κ3) is 4.07. The molecule has 1 aliphatic carbocycles. The number of fused-ring (bicyclic) bond motifs is 1. The summed E-state index contributed by atoms with van der Waals surface area (Å²) >= 11 is 0. The largest absolute Gasteiger partial charge is 0.493 e. The van der Waals surface area contributed by atoms with Gasteiger partial charge in [-0.25, -0.2) is 0 Å². The summed E-state index contributed by atoms with van der Waals surface area (Å²) in [5.41, 5.74) is 4.89. The molecule has 1 atom stereocenters. The molecule has 0 heterocycles. The zero-order valence-electron chi connectivity index (χ0n) is 15.5. The van der Waals surface area contributed by atoms with Gasteiger partial charge >= 0.3 is 0 Å². The van der Waals surface area contributed by atoms with Crippen LogP contribution in [0.3, 0.4) is 0 Å². The fourth-order valence-electron chi connectivity index (χ4n) is 3.33. The van der Waals surface area contributed by atoms with E-state index in [4.69, 9.17) is 9.47 Å². The SMILES string of the molecule is COc1ccc(/C=C/C(=O)N[C@@H](C)c2ccc3c(c2)CCC3)cc1OC. The minimum atomic E-state index is -0.118. The van der Waals surface area contributed by atoms with E-state index in [-0.39, 0.29) is 11.9 Å². The number of carbonyl (C=O) groups is 1. The van der Waals surface area contributed by atoms with Gasteiger partial charge in [-0.05, 0) is 66.6 Å². The number of ether oxygens (including phenoxy) is 2. The van der Waals surface area contributed by atoms with Crippen molar-refractivity contribution in [3.63, 3.8) is 0 Å². The highest BCUT2D eigenvalue weighted by Gasteiger charge is 2.14. The molecule has 0 bridgehead atoms. The molecule has 2 aromatic rings. The molecule has 2 aromatic carbocycles. The molecule has 0 saturated carbocycles. The lowest BCUT2D eigenvalue weighted by molar-refractivity contribution is -0.117. The van der Waals surface area contributed by atoms with Gasteiger partial charge in [0, 0.05) is 6.08 Å². The summed E-state index contributed by atoms with van der Waals surface area (Å²) in [6.45, 7) is 2.01. The molecule has 0 saturated heterocycles. The zero-order valence-corrected chi connectivity index (χ0v) is 15.5. The van der Waals surface area contributed by atoms with Crippen molar-refractivity contribution in [2.45, 2.75) is 32.2 Å². The maximum Gasteiger partial charge on any atom is 0.244 e. The molecule has 1 amide bonds. The average molecular weight is 351 g/mol. The van der Waals surface area contributed by atoms with Crippen LogP contribution in [0.1, 0.15) is 41.6 Å². The van der Waals surface area contributed by atoms with Crippen LogP contribution in [0.25, 0.3) is 6.08 Å². The fraction of sp³-hybridized carbons (Fsp3) is 0.318. The molecule has 0 unspecified atom stereocenters. The predicted molar refractivity (Wildman–Crippen MR) is 104 cm³/mol. The Kier molecular flexibility index (Phi) is 5.61. The monoisotopic (exact) mass is 351 g/mol. The first-order valence-corrected chi connectivity index (χ1v) is 8.93. The van der Waals surface area contributed by atoms with Crippen LogP contribution in [0.4, 0.5) is 0 Å². The Balaban J connectivity index is 1.64. The van der Waals surface area contributed by atoms with E-state index in [2.05, 4.69) is 23.5 Å². The van der Waals surface area contributed by atoms with E-state index >= 15 is 0 Å². The number of aryl methyl sites for hydroxylation is 2. The Labute approximate surface area is 154 Å². The van der Waals surface area contributed by atoms with Crippen LogP contribution in [0.5, 0.6) is 11.5 Å². The first kappa shape index (κ1) is 18.1. The van der Waals surface area contributed by atoms with Gasteiger partial charge < -0.3 is 14.8 Å². The van der Waals surface area contributed by atoms with E-state index in [0.29, 0.717) is 11.5 Å². The molecule has 0 aromatic heterocycles. The number of nitrogens with one attached hydrogen (secondary N) is 1. The Morgan fingerprint density at radius 2 is 1.81 bits per heavy atom. The van der Waals surface area contributed by atoms with E-state index in [9.17, 15) is 4.79 Å². The van der Waals surface area contributed by atoms with Crippen molar-refractivity contribution >= 4 is 12.0 Å². The van der Waals surface area contributed by atoms with Gasteiger partial charge in [0.2, 0.25) is 5.91 Å². The maximum atomic E-state index is 12.3. The number of carbonyl (C=O) groups excluding carboxylic acids is 1. The average Bonchev–Trinajstić information content (AvgIpc) is 3.13. The van der Waals surface area contributed by atoms with Crippen molar-refractivity contribution in [1.82, 2.24) is 5.32 Å². The summed E-state index contributed by atoms with van der Waals surface area (Å²) in [7, 11) is 3.19. The van der Waals surface area contributed by atoms with Crippen molar-refractivity contribution in [3.05, 3.63) is 64.7 Å². The molecule has 0 aliphatic heterocycles. The normalized spacial score (nSPS) is 14.1. The standard InChI is InChI=1S/C22H25NO3/c1-15(18-10-9-17-5-4-6-19(17)14-18)23-22(24)12-8-16-7-11-20(25-2)21(13-16)26-3/h7-15H,4-6H2,1-3H3,(H,23,24)/b12-8+/t15-/m0/s1. The third-order valence-electron chi connectivity index (χ3n) is 4.82. The lowest BCUT2D eigenvalue weighted by Crippen LogP contribution is -2.24. The maximum absolute atomic E-state index is 12.3. The lowest BCUT2D eigenvalue weighted by atomic mass is 10.0. The first-order valence-electron chi connectivity index (χ1n) is 8.93. The van der Waals surface area contributed by atoms with E-state index in [1.165, 1.54) is 24.0 Å². The summed E-state index contributed by atoms with van der Waals surface area (Å²) in [6, 6.07) is 12.1. The molecule has 0 radical (unpaired) electrons. The molecule has 0 fully saturated rings. The van der Waals surface area contributed by atoms with Crippen molar-refractivity contribution in [2.75, 3.05) is 14.2 Å². The van der Waals surface area contributed by atoms with E-state index < -0.39 is 0 Å². The molecule has 1 N–H and O–H groups in total. The van der Waals surface area contributed by atoms with Crippen LogP contribution in [0.15, 0.2) is 42.5 Å². The Hall–Kier alpha value is -2.75. The van der Waals surface area contributed by atoms with Crippen molar-refractivity contribution in [1.29, 1.82) is 0 Å². The second-order valence-electron chi connectivity index (χ2n) is 6.56. The highest BCUT2D eigenvalue weighted by atomic mass is 16.5. The molecule has 4 nitrogen and oxygen atoms in total. The Morgan fingerprint density at radius 3 is 2.58 bits per heavy atom. The highest BCUT2D eigenvalue weighted by molar-refractivity contribution is 5.92. The van der Waals surface area contributed by atoms with Crippen LogP contribution in [0.2, 0.25) is 0 Å². The Bertz CT molecular complexity index is 826. The van der Waals surface area contributed by atoms with Gasteiger partial charge in [-0.3, -0.25) is 4.79 Å². The van der Waals surface area contributed by atoms with Gasteiger partial charge in [0.05, 0.1) is 20.3 Å². The molecule has 4 heteroatoms. The van der Waals surface area contributed by atoms with Gasteiger partial charge in [0.1, 0.15) is 0 Å².